The van der Waals surface area contributed by atoms with E-state index in [9.17, 15) is 0 Å². The minimum absolute atomic E-state index is 0.0162. The molecule has 0 aliphatic rings. The molecule has 0 heterocycles. The molecule has 0 fully saturated rings. The quantitative estimate of drug-likeness (QED) is 0.412. The molecule has 154 valence electrons. The molecule has 0 aromatic heterocycles. The summed E-state index contributed by atoms with van der Waals surface area (Å²) in [6.07, 6.45) is 5.57. The first-order valence-electron chi connectivity index (χ1n) is 10.4. The predicted octanol–water partition coefficient (Wildman–Crippen LogP) is 4.68. The molecule has 0 aliphatic carbocycles. The fourth-order valence-corrected chi connectivity index (χ4v) is 8.61. The van der Waals surface area contributed by atoms with Crippen LogP contribution in [0.5, 0.6) is 0 Å². The van der Waals surface area contributed by atoms with Gasteiger partial charge < -0.3 is 9.33 Å². The summed E-state index contributed by atoms with van der Waals surface area (Å²) in [5.41, 5.74) is 2.00. The van der Waals surface area contributed by atoms with Crippen molar-refractivity contribution in [3.05, 3.63) is 90.5 Å². The Hall–Kier alpha value is -2.80. The predicted molar refractivity (Wildman–Crippen MR) is 131 cm³/mol. The second-order valence-electron chi connectivity index (χ2n) is 8.63. The van der Waals surface area contributed by atoms with Crippen LogP contribution in [0.1, 0.15) is 26.3 Å². The summed E-state index contributed by atoms with van der Waals surface area (Å²) in [4.78, 5) is 2.21. The Bertz CT molecular complexity index is 947. The molecule has 0 aliphatic heterocycles. The summed E-state index contributed by atoms with van der Waals surface area (Å²) in [6.45, 7) is 8.35. The van der Waals surface area contributed by atoms with Crippen LogP contribution in [-0.4, -0.2) is 28.5 Å². The summed E-state index contributed by atoms with van der Waals surface area (Å²) < 4.78 is 6.97. The van der Waals surface area contributed by atoms with Gasteiger partial charge >= 0.3 is 0 Å². The second kappa shape index (κ2) is 9.34. The number of benzene rings is 3. The lowest BCUT2D eigenvalue weighted by Crippen LogP contribution is -2.67. The topological polar surface area (TPSA) is 12.5 Å². The van der Waals surface area contributed by atoms with Gasteiger partial charge in [0.25, 0.3) is 8.32 Å². The maximum absolute atomic E-state index is 6.97. The van der Waals surface area contributed by atoms with Crippen LogP contribution in [0.25, 0.3) is 0 Å². The van der Waals surface area contributed by atoms with E-state index in [1.807, 2.05) is 18.2 Å². The molecule has 3 rings (SSSR count). The average molecular weight is 414 g/mol. The minimum Gasteiger partial charge on any atom is -0.406 e. The van der Waals surface area contributed by atoms with Crippen molar-refractivity contribution in [2.75, 3.05) is 25.1 Å². The average Bonchev–Trinajstić information content (AvgIpc) is 2.77. The van der Waals surface area contributed by atoms with E-state index in [1.165, 1.54) is 10.4 Å². The van der Waals surface area contributed by atoms with E-state index >= 15 is 0 Å². The Balaban J connectivity index is 1.91. The largest absolute Gasteiger partial charge is 0.406 e. The molecular weight excluding hydrogens is 382 g/mol. The van der Waals surface area contributed by atoms with Crippen LogP contribution in [0, 0.1) is 12.3 Å². The zero-order valence-corrected chi connectivity index (χ0v) is 19.4. The summed E-state index contributed by atoms with van der Waals surface area (Å²) in [6, 6.07) is 29.6. The number of rotatable bonds is 7. The van der Waals surface area contributed by atoms with Crippen molar-refractivity contribution >= 4 is 24.4 Å². The molecule has 0 N–H and O–H groups in total. The third-order valence-electron chi connectivity index (χ3n) is 5.62. The van der Waals surface area contributed by atoms with Crippen LogP contribution in [0.4, 0.5) is 5.69 Å². The third kappa shape index (κ3) is 4.51. The zero-order chi connectivity index (χ0) is 21.6. The number of hydrogen-bond donors (Lipinski definition) is 0. The monoisotopic (exact) mass is 413 g/mol. The maximum Gasteiger partial charge on any atom is 0.261 e. The maximum atomic E-state index is 6.97. The van der Waals surface area contributed by atoms with Crippen molar-refractivity contribution < 1.29 is 4.43 Å². The van der Waals surface area contributed by atoms with Crippen LogP contribution < -0.4 is 15.3 Å². The highest BCUT2D eigenvalue weighted by Crippen LogP contribution is 2.36. The van der Waals surface area contributed by atoms with Gasteiger partial charge in [-0.15, -0.1) is 6.42 Å². The summed E-state index contributed by atoms with van der Waals surface area (Å²) >= 11 is 0. The minimum atomic E-state index is -2.49. The normalized spacial score (nSPS) is 11.7. The van der Waals surface area contributed by atoms with Crippen molar-refractivity contribution in [2.45, 2.75) is 25.8 Å². The molecule has 0 spiro atoms. The lowest BCUT2D eigenvalue weighted by atomic mass is 10.2. The highest BCUT2D eigenvalue weighted by Gasteiger charge is 2.50. The van der Waals surface area contributed by atoms with Gasteiger partial charge in [-0.3, -0.25) is 0 Å². The van der Waals surface area contributed by atoms with Gasteiger partial charge in [0, 0.05) is 24.8 Å². The van der Waals surface area contributed by atoms with E-state index < -0.39 is 8.32 Å². The number of nitrogens with zero attached hydrogens (tertiary/aromatic N) is 1. The third-order valence-corrected chi connectivity index (χ3v) is 10.7. The Morgan fingerprint density at radius 3 is 1.93 bits per heavy atom. The van der Waals surface area contributed by atoms with Gasteiger partial charge in [0.05, 0.1) is 6.61 Å². The number of likely N-dealkylation sites (N-methyl/N-ethyl adjacent to an activating group) is 1. The van der Waals surface area contributed by atoms with Gasteiger partial charge in [0.2, 0.25) is 0 Å². The van der Waals surface area contributed by atoms with Gasteiger partial charge in [-0.25, -0.2) is 0 Å². The highest BCUT2D eigenvalue weighted by molar-refractivity contribution is 6.99. The van der Waals surface area contributed by atoms with E-state index in [1.54, 1.807) is 0 Å². The van der Waals surface area contributed by atoms with Crippen molar-refractivity contribution in [3.8, 4) is 12.3 Å². The smallest absolute Gasteiger partial charge is 0.261 e. The highest BCUT2D eigenvalue weighted by atomic mass is 28.4. The molecule has 3 aromatic carbocycles. The Morgan fingerprint density at radius 1 is 0.867 bits per heavy atom. The lowest BCUT2D eigenvalue weighted by molar-refractivity contribution is 0.306. The second-order valence-corrected chi connectivity index (χ2v) is 12.9. The fourth-order valence-electron chi connectivity index (χ4n) is 4.06. The van der Waals surface area contributed by atoms with Crippen molar-refractivity contribution in [3.63, 3.8) is 0 Å². The van der Waals surface area contributed by atoms with Crippen molar-refractivity contribution in [1.82, 2.24) is 0 Å². The summed E-state index contributed by atoms with van der Waals surface area (Å²) in [7, 11) is -0.406. The SMILES string of the molecule is C#Cc1cccc(N(C)CCO[Si](c2ccccc2)(c2ccccc2)C(C)(C)C)c1. The molecule has 2 nitrogen and oxygen atoms in total. The first-order valence-corrected chi connectivity index (χ1v) is 12.3. The van der Waals surface area contributed by atoms with E-state index in [4.69, 9.17) is 10.8 Å². The molecule has 3 aromatic rings. The first-order chi connectivity index (χ1) is 14.4. The molecule has 0 radical (unpaired) electrons. The number of hydrogen-bond acceptors (Lipinski definition) is 2. The molecule has 30 heavy (non-hydrogen) atoms. The lowest BCUT2D eigenvalue weighted by Gasteiger charge is -2.43. The Labute approximate surface area is 182 Å². The number of terminal acetylenes is 1. The molecule has 3 heteroatoms. The first kappa shape index (κ1) is 21.9. The molecule has 0 bridgehead atoms. The summed E-state index contributed by atoms with van der Waals surface area (Å²) in [5.74, 6) is 2.71. The van der Waals surface area contributed by atoms with Crippen LogP contribution in [0.15, 0.2) is 84.9 Å². The molecule has 0 amide bonds. The van der Waals surface area contributed by atoms with E-state index in [-0.39, 0.29) is 5.04 Å². The molecule has 0 atom stereocenters. The van der Waals surface area contributed by atoms with Gasteiger partial charge in [-0.1, -0.05) is 93.4 Å². The molecule has 0 unspecified atom stereocenters. The Kier molecular flexibility index (Phi) is 6.82. The van der Waals surface area contributed by atoms with Crippen molar-refractivity contribution in [1.29, 1.82) is 0 Å². The van der Waals surface area contributed by atoms with E-state index in [0.29, 0.717) is 6.61 Å². The standard InChI is InChI=1S/C27H31NOSi/c1-6-23-14-13-15-24(22-23)28(5)20-21-29-30(27(2,3)4,25-16-9-7-10-17-25)26-18-11-8-12-19-26/h1,7-19,22H,20-21H2,2-5H3. The van der Waals surface area contributed by atoms with Crippen LogP contribution in [0.3, 0.4) is 0 Å². The van der Waals surface area contributed by atoms with Gasteiger partial charge in [-0.05, 0) is 33.6 Å². The van der Waals surface area contributed by atoms with E-state index in [0.717, 1.165) is 17.8 Å². The number of anilines is 1. The summed E-state index contributed by atoms with van der Waals surface area (Å²) in [5, 5.41) is 2.60. The van der Waals surface area contributed by atoms with Crippen LogP contribution in [0.2, 0.25) is 5.04 Å². The Morgan fingerprint density at radius 2 is 1.43 bits per heavy atom. The zero-order valence-electron chi connectivity index (χ0n) is 18.4. The van der Waals surface area contributed by atoms with Crippen LogP contribution in [-0.2, 0) is 4.43 Å². The fraction of sp³-hybridized carbons (Fsp3) is 0.259. The molecule has 0 saturated carbocycles. The molecule has 0 saturated heterocycles. The van der Waals surface area contributed by atoms with Crippen molar-refractivity contribution in [2.24, 2.45) is 0 Å². The van der Waals surface area contributed by atoms with Gasteiger partial charge in [-0.2, -0.15) is 0 Å². The van der Waals surface area contributed by atoms with Gasteiger partial charge in [0.15, 0.2) is 0 Å². The van der Waals surface area contributed by atoms with E-state index in [2.05, 4.69) is 105 Å². The molecular formula is C27H31NOSi. The van der Waals surface area contributed by atoms with Gasteiger partial charge in [0.1, 0.15) is 0 Å². The van der Waals surface area contributed by atoms with Crippen LogP contribution >= 0.6 is 0 Å².